The van der Waals surface area contributed by atoms with Crippen LogP contribution in [0.15, 0.2) is 97.2 Å². The van der Waals surface area contributed by atoms with Crippen molar-refractivity contribution in [1.29, 1.82) is 0 Å². The van der Waals surface area contributed by atoms with Gasteiger partial charge in [-0.1, -0.05) is 123 Å². The minimum atomic E-state index is 1.20. The first kappa shape index (κ1) is 20.0. The van der Waals surface area contributed by atoms with Crippen molar-refractivity contribution < 1.29 is 0 Å². The summed E-state index contributed by atoms with van der Waals surface area (Å²) in [6, 6.07) is 0. The molecular weight excluding hydrogens is 288 g/mol. The standard InChI is InChI=1S/C24H32/c1-2-4-6-8-10-12-14-16-18-20-22-24-23-21-19-17-15-13-11-9-7-5-3-1/h1-16H,17-24H2/b3-1+,4-2+,7-5-,8-6+,11-9+,12-10-,15-13?,16-14+. The molecule has 1 aliphatic rings. The van der Waals surface area contributed by atoms with E-state index in [9.17, 15) is 0 Å². The van der Waals surface area contributed by atoms with Gasteiger partial charge >= 0.3 is 0 Å². The van der Waals surface area contributed by atoms with Crippen LogP contribution < -0.4 is 0 Å². The monoisotopic (exact) mass is 320 g/mol. The number of allylic oxidation sites excluding steroid dienone is 16. The second-order valence-corrected chi connectivity index (χ2v) is 5.86. The van der Waals surface area contributed by atoms with Gasteiger partial charge in [0, 0.05) is 0 Å². The van der Waals surface area contributed by atoms with E-state index in [1.54, 1.807) is 0 Å². The molecule has 0 amide bonds. The smallest absolute Gasteiger partial charge is 0.0348 e. The van der Waals surface area contributed by atoms with Gasteiger partial charge in [-0.2, -0.15) is 0 Å². The Balaban J connectivity index is 2.42. The molecule has 0 heterocycles. The Morgan fingerprint density at radius 1 is 0.250 bits per heavy atom. The van der Waals surface area contributed by atoms with E-state index >= 15 is 0 Å². The first-order valence-electron chi connectivity index (χ1n) is 9.32. The molecule has 0 unspecified atom stereocenters. The molecule has 1 aliphatic carbocycles. The Labute approximate surface area is 149 Å². The second-order valence-electron chi connectivity index (χ2n) is 5.86. The fourth-order valence-corrected chi connectivity index (χ4v) is 2.35. The molecule has 0 aromatic heterocycles. The quantitative estimate of drug-likeness (QED) is 0.431. The summed E-state index contributed by atoms with van der Waals surface area (Å²) in [5.74, 6) is 0. The van der Waals surface area contributed by atoms with Crippen molar-refractivity contribution >= 4 is 0 Å². The van der Waals surface area contributed by atoms with Crippen LogP contribution in [0, 0.1) is 0 Å². The first-order valence-corrected chi connectivity index (χ1v) is 9.32. The van der Waals surface area contributed by atoms with E-state index in [4.69, 9.17) is 0 Å². The van der Waals surface area contributed by atoms with Gasteiger partial charge in [0.05, 0.1) is 0 Å². The van der Waals surface area contributed by atoms with E-state index < -0.39 is 0 Å². The Kier molecular flexibility index (Phi) is 14.4. The van der Waals surface area contributed by atoms with E-state index in [1.165, 1.54) is 51.4 Å². The van der Waals surface area contributed by atoms with E-state index in [-0.39, 0.29) is 0 Å². The Morgan fingerprint density at radius 3 is 0.833 bits per heavy atom. The lowest BCUT2D eigenvalue weighted by molar-refractivity contribution is 0.600. The van der Waals surface area contributed by atoms with Gasteiger partial charge < -0.3 is 0 Å². The minimum Gasteiger partial charge on any atom is -0.0845 e. The molecule has 0 aromatic carbocycles. The van der Waals surface area contributed by atoms with Crippen LogP contribution in [0.3, 0.4) is 0 Å². The van der Waals surface area contributed by atoms with Gasteiger partial charge in [-0.05, 0) is 25.7 Å². The summed E-state index contributed by atoms with van der Waals surface area (Å²) in [5.41, 5.74) is 0. The Bertz CT molecular complexity index is 456. The van der Waals surface area contributed by atoms with Gasteiger partial charge in [0.15, 0.2) is 0 Å². The van der Waals surface area contributed by atoms with Crippen molar-refractivity contribution in [3.05, 3.63) is 97.2 Å². The SMILES string of the molecule is C1=CCCCCCCCC/C=C/C=C\C=C\C=C\C=C\C=C/C=C/1. The largest absolute Gasteiger partial charge is 0.0845 e. The Morgan fingerprint density at radius 2 is 0.500 bits per heavy atom. The summed E-state index contributed by atoms with van der Waals surface area (Å²) in [4.78, 5) is 0. The van der Waals surface area contributed by atoms with Gasteiger partial charge in [-0.15, -0.1) is 0 Å². The molecule has 0 aliphatic heterocycles. The van der Waals surface area contributed by atoms with E-state index in [0.29, 0.717) is 0 Å². The molecule has 0 saturated heterocycles. The van der Waals surface area contributed by atoms with Crippen LogP contribution in [0.25, 0.3) is 0 Å². The van der Waals surface area contributed by atoms with E-state index in [0.717, 1.165) is 0 Å². The minimum absolute atomic E-state index is 1.20. The van der Waals surface area contributed by atoms with Crippen LogP contribution in [0.1, 0.15) is 51.4 Å². The molecule has 0 nitrogen and oxygen atoms in total. The summed E-state index contributed by atoms with van der Waals surface area (Å²) in [5, 5.41) is 0. The second kappa shape index (κ2) is 17.3. The molecule has 0 fully saturated rings. The van der Waals surface area contributed by atoms with Crippen molar-refractivity contribution in [2.45, 2.75) is 51.4 Å². The summed E-state index contributed by atoms with van der Waals surface area (Å²) < 4.78 is 0. The molecular formula is C24H32. The van der Waals surface area contributed by atoms with Gasteiger partial charge in [0.25, 0.3) is 0 Å². The fourth-order valence-electron chi connectivity index (χ4n) is 2.35. The summed E-state index contributed by atoms with van der Waals surface area (Å²) in [7, 11) is 0. The molecule has 0 N–H and O–H groups in total. The van der Waals surface area contributed by atoms with Gasteiger partial charge in [-0.3, -0.25) is 0 Å². The highest BCUT2D eigenvalue weighted by Crippen LogP contribution is 2.09. The highest BCUT2D eigenvalue weighted by molar-refractivity contribution is 5.21. The van der Waals surface area contributed by atoms with Crippen LogP contribution in [-0.2, 0) is 0 Å². The lowest BCUT2D eigenvalue weighted by Crippen LogP contribution is -1.79. The van der Waals surface area contributed by atoms with E-state index in [2.05, 4.69) is 60.8 Å². The van der Waals surface area contributed by atoms with Crippen LogP contribution in [0.2, 0.25) is 0 Å². The maximum absolute atomic E-state index is 2.27. The molecule has 128 valence electrons. The molecule has 1 rings (SSSR count). The molecule has 0 aromatic rings. The number of hydrogen-bond donors (Lipinski definition) is 0. The van der Waals surface area contributed by atoms with Gasteiger partial charge in [0.1, 0.15) is 0 Å². The van der Waals surface area contributed by atoms with Crippen LogP contribution >= 0.6 is 0 Å². The first-order chi connectivity index (χ1) is 12.0. The Hall–Kier alpha value is -2.08. The van der Waals surface area contributed by atoms with Crippen molar-refractivity contribution in [3.8, 4) is 0 Å². The topological polar surface area (TPSA) is 0 Å². The normalized spacial score (nSPS) is 28.0. The molecule has 0 heteroatoms. The zero-order valence-electron chi connectivity index (χ0n) is 14.9. The predicted octanol–water partition coefficient (Wildman–Crippen LogP) is 7.57. The van der Waals surface area contributed by atoms with Crippen molar-refractivity contribution in [1.82, 2.24) is 0 Å². The molecule has 0 bridgehead atoms. The van der Waals surface area contributed by atoms with Crippen LogP contribution in [0.5, 0.6) is 0 Å². The third-order valence-corrected chi connectivity index (χ3v) is 3.71. The third kappa shape index (κ3) is 14.8. The summed E-state index contributed by atoms with van der Waals surface area (Å²) in [6.07, 6.45) is 44.0. The van der Waals surface area contributed by atoms with E-state index in [1.807, 2.05) is 36.5 Å². The maximum atomic E-state index is 2.27. The third-order valence-electron chi connectivity index (χ3n) is 3.71. The lowest BCUT2D eigenvalue weighted by atomic mass is 10.1. The van der Waals surface area contributed by atoms with Gasteiger partial charge in [-0.25, -0.2) is 0 Å². The van der Waals surface area contributed by atoms with Crippen LogP contribution in [-0.4, -0.2) is 0 Å². The average Bonchev–Trinajstić information content (AvgIpc) is 2.59. The zero-order chi connectivity index (χ0) is 17.0. The van der Waals surface area contributed by atoms with Crippen molar-refractivity contribution in [3.63, 3.8) is 0 Å². The van der Waals surface area contributed by atoms with Gasteiger partial charge in [0.2, 0.25) is 0 Å². The average molecular weight is 321 g/mol. The summed E-state index contributed by atoms with van der Waals surface area (Å²) in [6.45, 7) is 0. The maximum Gasteiger partial charge on any atom is -0.0348 e. The lowest BCUT2D eigenvalue weighted by Gasteiger charge is -1.99. The number of hydrogen-bond acceptors (Lipinski definition) is 0. The molecule has 0 saturated carbocycles. The summed E-state index contributed by atoms with van der Waals surface area (Å²) >= 11 is 0. The molecule has 0 radical (unpaired) electrons. The highest BCUT2D eigenvalue weighted by Gasteiger charge is 1.89. The molecule has 0 atom stereocenters. The number of rotatable bonds is 0. The molecule has 0 spiro atoms. The fraction of sp³-hybridized carbons (Fsp3) is 0.333. The highest BCUT2D eigenvalue weighted by atomic mass is 14.0. The molecule has 24 heavy (non-hydrogen) atoms. The van der Waals surface area contributed by atoms with Crippen molar-refractivity contribution in [2.24, 2.45) is 0 Å². The van der Waals surface area contributed by atoms with Crippen molar-refractivity contribution in [2.75, 3.05) is 0 Å². The van der Waals surface area contributed by atoms with Crippen LogP contribution in [0.4, 0.5) is 0 Å². The zero-order valence-corrected chi connectivity index (χ0v) is 14.9. The predicted molar refractivity (Wildman–Crippen MR) is 110 cm³/mol.